The Morgan fingerprint density at radius 3 is 2.43 bits per heavy atom. The van der Waals surface area contributed by atoms with Gasteiger partial charge in [0.1, 0.15) is 10.7 Å². The molecule has 2 aromatic carbocycles. The van der Waals surface area contributed by atoms with E-state index in [1.54, 1.807) is 25.2 Å². The lowest BCUT2D eigenvalue weighted by Gasteiger charge is -2.00. The number of aryl methyl sites for hydroxylation is 2. The maximum atomic E-state index is 12.7. The van der Waals surface area contributed by atoms with Gasteiger partial charge >= 0.3 is 0 Å². The Labute approximate surface area is 177 Å². The van der Waals surface area contributed by atoms with E-state index in [2.05, 4.69) is 20.6 Å². The molecule has 0 radical (unpaired) electrons. The van der Waals surface area contributed by atoms with Crippen LogP contribution in [0.2, 0.25) is 0 Å². The molecular weight excluding hydrogens is 398 g/mol. The van der Waals surface area contributed by atoms with Crippen molar-refractivity contribution in [2.24, 2.45) is 7.05 Å². The molecule has 0 aliphatic rings. The number of rotatable bonds is 7. The number of nitrogens with zero attached hydrogens (tertiary/aromatic N) is 4. The van der Waals surface area contributed by atoms with Gasteiger partial charge in [-0.25, -0.2) is 0 Å². The second-order valence-electron chi connectivity index (χ2n) is 6.65. The van der Waals surface area contributed by atoms with E-state index in [1.807, 2.05) is 48.5 Å². The molecule has 0 spiro atoms. The molecule has 0 aliphatic heterocycles. The van der Waals surface area contributed by atoms with Gasteiger partial charge in [-0.15, -0.1) is 10.2 Å². The van der Waals surface area contributed by atoms with Gasteiger partial charge in [0.25, 0.3) is 5.91 Å². The predicted octanol–water partition coefficient (Wildman–Crippen LogP) is 4.01. The highest BCUT2D eigenvalue weighted by Gasteiger charge is 2.17. The van der Waals surface area contributed by atoms with Gasteiger partial charge in [-0.1, -0.05) is 72.0 Å². The molecule has 2 aromatic heterocycles. The normalized spacial score (nSPS) is 10.7. The zero-order valence-corrected chi connectivity index (χ0v) is 17.1. The summed E-state index contributed by atoms with van der Waals surface area (Å²) in [6, 6.07) is 20.6. The fraction of sp³-hybridized carbons (Fsp3) is 0.136. The van der Waals surface area contributed by atoms with Crippen molar-refractivity contribution < 1.29 is 9.59 Å². The van der Waals surface area contributed by atoms with E-state index in [1.165, 1.54) is 16.0 Å². The summed E-state index contributed by atoms with van der Waals surface area (Å²) in [5, 5.41) is 16.4. The number of benzene rings is 2. The van der Waals surface area contributed by atoms with Crippen LogP contribution in [0.4, 0.5) is 5.13 Å². The third-order valence-corrected chi connectivity index (χ3v) is 5.43. The van der Waals surface area contributed by atoms with Crippen LogP contribution in [0.1, 0.15) is 32.3 Å². The van der Waals surface area contributed by atoms with Crippen LogP contribution >= 0.6 is 11.3 Å². The van der Waals surface area contributed by atoms with Crippen molar-refractivity contribution in [3.63, 3.8) is 0 Å². The molecule has 0 fully saturated rings. The summed E-state index contributed by atoms with van der Waals surface area (Å²) in [5.41, 5.74) is 2.76. The highest BCUT2D eigenvalue weighted by atomic mass is 32.1. The number of carbonyl (C=O) groups excluding carboxylic acids is 2. The molecule has 0 bridgehead atoms. The van der Waals surface area contributed by atoms with Crippen LogP contribution < -0.4 is 5.32 Å². The number of carbonyl (C=O) groups is 2. The van der Waals surface area contributed by atoms with Crippen molar-refractivity contribution >= 4 is 28.2 Å². The molecule has 0 unspecified atom stereocenters. The van der Waals surface area contributed by atoms with Crippen LogP contribution in [0.15, 0.2) is 66.7 Å². The first-order valence-electron chi connectivity index (χ1n) is 9.41. The Morgan fingerprint density at radius 2 is 1.70 bits per heavy atom. The van der Waals surface area contributed by atoms with Crippen molar-refractivity contribution in [2.45, 2.75) is 12.8 Å². The third kappa shape index (κ3) is 4.49. The Kier molecular flexibility index (Phi) is 5.76. The van der Waals surface area contributed by atoms with E-state index in [-0.39, 0.29) is 11.7 Å². The summed E-state index contributed by atoms with van der Waals surface area (Å²) in [6.07, 6.45) is 0.819. The summed E-state index contributed by atoms with van der Waals surface area (Å²) < 4.78 is 1.54. The molecule has 1 N–H and O–H groups in total. The molecule has 1 amide bonds. The number of aromatic nitrogens is 4. The molecule has 4 aromatic rings. The predicted molar refractivity (Wildman–Crippen MR) is 116 cm³/mol. The van der Waals surface area contributed by atoms with Crippen molar-refractivity contribution in [3.8, 4) is 11.3 Å². The van der Waals surface area contributed by atoms with Crippen LogP contribution in [0.3, 0.4) is 0 Å². The molecule has 0 saturated heterocycles. The van der Waals surface area contributed by atoms with Gasteiger partial charge in [0.05, 0.1) is 5.69 Å². The molecule has 150 valence electrons. The Hall–Kier alpha value is -3.65. The quantitative estimate of drug-likeness (QED) is 0.459. The summed E-state index contributed by atoms with van der Waals surface area (Å²) in [4.78, 5) is 24.9. The smallest absolute Gasteiger partial charge is 0.275 e. The number of Topliss-reactive ketones (excluding diaryl/α,β-unsaturated/α-hetero) is 1. The number of nitrogens with one attached hydrogen (secondary N) is 1. The SMILES string of the molecule is Cn1nc(-c2ccccc2)cc1C(=O)Nc1nnc(CCC(=O)c2ccccc2)s1. The van der Waals surface area contributed by atoms with Crippen LogP contribution in [-0.2, 0) is 13.5 Å². The molecule has 0 aliphatic carbocycles. The van der Waals surface area contributed by atoms with Gasteiger partial charge in [0, 0.05) is 31.0 Å². The van der Waals surface area contributed by atoms with Gasteiger partial charge in [0.15, 0.2) is 5.78 Å². The third-order valence-electron chi connectivity index (χ3n) is 4.53. The molecule has 0 saturated carbocycles. The van der Waals surface area contributed by atoms with Gasteiger partial charge in [-0.3, -0.25) is 19.6 Å². The molecule has 0 atom stereocenters. The Balaban J connectivity index is 1.38. The zero-order chi connectivity index (χ0) is 20.9. The Morgan fingerprint density at radius 1 is 1.00 bits per heavy atom. The van der Waals surface area contributed by atoms with Crippen molar-refractivity contribution in [1.82, 2.24) is 20.0 Å². The van der Waals surface area contributed by atoms with Crippen LogP contribution in [-0.4, -0.2) is 31.7 Å². The van der Waals surface area contributed by atoms with E-state index in [0.29, 0.717) is 34.2 Å². The van der Waals surface area contributed by atoms with Gasteiger partial charge in [-0.05, 0) is 6.07 Å². The highest BCUT2D eigenvalue weighted by Crippen LogP contribution is 2.21. The van der Waals surface area contributed by atoms with Crippen LogP contribution in [0.25, 0.3) is 11.3 Å². The minimum absolute atomic E-state index is 0.0553. The first-order valence-corrected chi connectivity index (χ1v) is 10.2. The number of hydrogen-bond acceptors (Lipinski definition) is 6. The zero-order valence-electron chi connectivity index (χ0n) is 16.3. The lowest BCUT2D eigenvalue weighted by atomic mass is 10.1. The van der Waals surface area contributed by atoms with Gasteiger partial charge in [-0.2, -0.15) is 5.10 Å². The van der Waals surface area contributed by atoms with Crippen LogP contribution in [0, 0.1) is 0 Å². The van der Waals surface area contributed by atoms with Gasteiger partial charge < -0.3 is 0 Å². The number of ketones is 1. The Bertz CT molecular complexity index is 1170. The van der Waals surface area contributed by atoms with Crippen molar-refractivity contribution in [1.29, 1.82) is 0 Å². The summed E-state index contributed by atoms with van der Waals surface area (Å²) in [6.45, 7) is 0. The second kappa shape index (κ2) is 8.79. The van der Waals surface area contributed by atoms with Gasteiger partial charge in [0.2, 0.25) is 5.13 Å². The minimum Gasteiger partial charge on any atom is -0.295 e. The molecular formula is C22H19N5O2S. The van der Waals surface area contributed by atoms with E-state index in [0.717, 1.165) is 11.3 Å². The number of anilines is 1. The van der Waals surface area contributed by atoms with Crippen LogP contribution in [0.5, 0.6) is 0 Å². The summed E-state index contributed by atoms with van der Waals surface area (Å²) >= 11 is 1.27. The largest absolute Gasteiger partial charge is 0.295 e. The van der Waals surface area contributed by atoms with Crippen molar-refractivity contribution in [3.05, 3.63) is 83.0 Å². The minimum atomic E-state index is -0.310. The first-order chi connectivity index (χ1) is 14.6. The van der Waals surface area contributed by atoms with E-state index in [9.17, 15) is 9.59 Å². The molecule has 7 nitrogen and oxygen atoms in total. The lowest BCUT2D eigenvalue weighted by molar-refractivity contribution is 0.0981. The number of amides is 1. The highest BCUT2D eigenvalue weighted by molar-refractivity contribution is 7.15. The standard InChI is InChI=1S/C22H19N5O2S/c1-27-18(14-17(26-27)15-8-4-2-5-9-15)21(29)23-22-25-24-20(30-22)13-12-19(28)16-10-6-3-7-11-16/h2-11,14H,12-13H2,1H3,(H,23,25,29). The molecule has 2 heterocycles. The lowest BCUT2D eigenvalue weighted by Crippen LogP contribution is -2.15. The fourth-order valence-corrected chi connectivity index (χ4v) is 3.72. The summed E-state index contributed by atoms with van der Waals surface area (Å²) in [7, 11) is 1.72. The number of hydrogen-bond donors (Lipinski definition) is 1. The average molecular weight is 417 g/mol. The maximum Gasteiger partial charge on any atom is 0.275 e. The van der Waals surface area contributed by atoms with E-state index >= 15 is 0 Å². The molecule has 30 heavy (non-hydrogen) atoms. The second-order valence-corrected chi connectivity index (χ2v) is 7.71. The monoisotopic (exact) mass is 417 g/mol. The first kappa shape index (κ1) is 19.7. The maximum absolute atomic E-state index is 12.7. The fourth-order valence-electron chi connectivity index (χ4n) is 2.98. The molecule has 4 rings (SSSR count). The molecule has 8 heteroatoms. The average Bonchev–Trinajstić information content (AvgIpc) is 3.39. The summed E-state index contributed by atoms with van der Waals surface area (Å²) in [5.74, 6) is -0.255. The van der Waals surface area contributed by atoms with Crippen molar-refractivity contribution in [2.75, 3.05) is 5.32 Å². The van der Waals surface area contributed by atoms with E-state index in [4.69, 9.17) is 0 Å². The van der Waals surface area contributed by atoms with E-state index < -0.39 is 0 Å². The topological polar surface area (TPSA) is 89.8 Å².